The van der Waals surface area contributed by atoms with Gasteiger partial charge in [0.2, 0.25) is 18.6 Å². The first-order valence-corrected chi connectivity index (χ1v) is 15.2. The number of methoxy groups -OCH3 is 1. The van der Waals surface area contributed by atoms with Crippen molar-refractivity contribution in [3.8, 4) is 17.2 Å². The Hall–Kier alpha value is -3.77. The largest absolute Gasteiger partial charge is 0.497 e. The van der Waals surface area contributed by atoms with E-state index in [4.69, 9.17) is 23.9 Å². The number of rotatable bonds is 14. The van der Waals surface area contributed by atoms with E-state index in [9.17, 15) is 14.4 Å². The topological polar surface area (TPSA) is 130 Å². The molecule has 2 aliphatic heterocycles. The van der Waals surface area contributed by atoms with Gasteiger partial charge in [0.1, 0.15) is 5.75 Å². The van der Waals surface area contributed by atoms with Crippen LogP contribution < -0.4 is 30.4 Å². The highest BCUT2D eigenvalue weighted by Gasteiger charge is 2.20. The summed E-state index contributed by atoms with van der Waals surface area (Å²) in [5, 5.41) is 6.76. The Morgan fingerprint density at radius 1 is 1.07 bits per heavy atom. The van der Waals surface area contributed by atoms with E-state index >= 15 is 0 Å². The van der Waals surface area contributed by atoms with Crippen molar-refractivity contribution in [3.05, 3.63) is 52.3 Å². The first kappa shape index (κ1) is 29.7. The third kappa shape index (κ3) is 7.74. The molecule has 1 unspecified atom stereocenters. The number of aromatic nitrogens is 2. The molecule has 2 N–H and O–H groups in total. The molecule has 12 heteroatoms. The molecule has 2 aromatic carbocycles. The Morgan fingerprint density at radius 2 is 1.88 bits per heavy atom. The summed E-state index contributed by atoms with van der Waals surface area (Å²) in [6.45, 7) is 2.19. The van der Waals surface area contributed by atoms with Crippen molar-refractivity contribution in [3.63, 3.8) is 0 Å². The molecule has 0 radical (unpaired) electrons. The van der Waals surface area contributed by atoms with Crippen molar-refractivity contribution in [2.75, 3.05) is 32.8 Å². The molecule has 0 bridgehead atoms. The van der Waals surface area contributed by atoms with Crippen molar-refractivity contribution in [2.24, 2.45) is 0 Å². The Labute approximate surface area is 248 Å². The molecule has 5 rings (SSSR count). The third-order valence-electron chi connectivity index (χ3n) is 7.23. The van der Waals surface area contributed by atoms with Crippen molar-refractivity contribution in [1.82, 2.24) is 20.2 Å². The van der Waals surface area contributed by atoms with Crippen LogP contribution in [0.15, 0.2) is 46.3 Å². The van der Waals surface area contributed by atoms with Crippen LogP contribution in [0.3, 0.4) is 0 Å². The van der Waals surface area contributed by atoms with Gasteiger partial charge in [0.05, 0.1) is 29.9 Å². The standard InChI is InChI=1S/C30H36N4O7S/c1-38-21-10-8-20(9-11-21)16-31-27(35)7-3-2-4-12-34-29(37)23-14-25-26(41-19-40-25)15-24(23)33-30(34)42-18-28(36)32-17-22-6-5-13-39-22/h8-11,14-15,22H,2-7,12-13,16-19H2,1H3,(H,31,35)(H,32,36). The summed E-state index contributed by atoms with van der Waals surface area (Å²) in [5.41, 5.74) is 1.30. The number of fused-ring (bicyclic) bond motifs is 2. The van der Waals surface area contributed by atoms with E-state index in [0.717, 1.165) is 37.2 Å². The molecule has 1 saturated heterocycles. The summed E-state index contributed by atoms with van der Waals surface area (Å²) in [4.78, 5) is 43.2. The van der Waals surface area contributed by atoms with Crippen molar-refractivity contribution < 1.29 is 28.5 Å². The average molecular weight is 597 g/mol. The van der Waals surface area contributed by atoms with Crippen LogP contribution in [0.4, 0.5) is 0 Å². The summed E-state index contributed by atoms with van der Waals surface area (Å²) in [5.74, 6) is 1.81. The molecule has 224 valence electrons. The van der Waals surface area contributed by atoms with E-state index < -0.39 is 0 Å². The van der Waals surface area contributed by atoms with E-state index in [1.54, 1.807) is 23.8 Å². The molecule has 2 aliphatic rings. The molecule has 11 nitrogen and oxygen atoms in total. The highest BCUT2D eigenvalue weighted by molar-refractivity contribution is 7.99. The van der Waals surface area contributed by atoms with E-state index in [1.165, 1.54) is 11.8 Å². The van der Waals surface area contributed by atoms with Crippen molar-refractivity contribution >= 4 is 34.5 Å². The molecule has 3 aromatic rings. The molecule has 2 amide bonds. The zero-order chi connectivity index (χ0) is 29.3. The monoisotopic (exact) mass is 596 g/mol. The SMILES string of the molecule is COc1ccc(CNC(=O)CCCCCn2c(SCC(=O)NCC3CCCO3)nc3cc4c(cc3c2=O)OCO4)cc1. The average Bonchev–Trinajstić information content (AvgIpc) is 3.70. The van der Waals surface area contributed by atoms with Gasteiger partial charge in [-0.2, -0.15) is 0 Å². The normalized spacial score (nSPS) is 15.6. The first-order chi connectivity index (χ1) is 20.5. The summed E-state index contributed by atoms with van der Waals surface area (Å²) in [7, 11) is 1.62. The molecule has 1 aromatic heterocycles. The number of carbonyl (C=O) groups excluding carboxylic acids is 2. The van der Waals surface area contributed by atoms with E-state index in [-0.39, 0.29) is 36.0 Å². The summed E-state index contributed by atoms with van der Waals surface area (Å²) < 4.78 is 23.3. The van der Waals surface area contributed by atoms with Gasteiger partial charge in [0, 0.05) is 38.7 Å². The molecule has 42 heavy (non-hydrogen) atoms. The second-order valence-electron chi connectivity index (χ2n) is 10.2. The van der Waals surface area contributed by atoms with Crippen LogP contribution >= 0.6 is 11.8 Å². The lowest BCUT2D eigenvalue weighted by Gasteiger charge is -2.14. The van der Waals surface area contributed by atoms with Gasteiger partial charge < -0.3 is 29.6 Å². The number of ether oxygens (including phenoxy) is 4. The maximum atomic E-state index is 13.5. The number of benzene rings is 2. The number of nitrogens with zero attached hydrogens (tertiary/aromatic N) is 2. The van der Waals surface area contributed by atoms with Gasteiger partial charge in [0.25, 0.3) is 5.56 Å². The van der Waals surface area contributed by atoms with E-state index in [2.05, 4.69) is 10.6 Å². The highest BCUT2D eigenvalue weighted by atomic mass is 32.2. The predicted octanol–water partition coefficient (Wildman–Crippen LogP) is 3.40. The summed E-state index contributed by atoms with van der Waals surface area (Å²) in [6.07, 6.45) is 4.54. The van der Waals surface area contributed by atoms with Crippen LogP contribution in [0, 0.1) is 0 Å². The first-order valence-electron chi connectivity index (χ1n) is 14.2. The maximum absolute atomic E-state index is 13.5. The fourth-order valence-electron chi connectivity index (χ4n) is 4.88. The van der Waals surface area contributed by atoms with Crippen LogP contribution in [0.2, 0.25) is 0 Å². The van der Waals surface area contributed by atoms with Crippen molar-refractivity contribution in [1.29, 1.82) is 0 Å². The minimum Gasteiger partial charge on any atom is -0.497 e. The summed E-state index contributed by atoms with van der Waals surface area (Å²) >= 11 is 1.23. The second-order valence-corrected chi connectivity index (χ2v) is 11.2. The molecule has 1 atom stereocenters. The fraction of sp³-hybridized carbons (Fsp3) is 0.467. The van der Waals surface area contributed by atoms with Crippen molar-refractivity contribution in [2.45, 2.75) is 62.9 Å². The molecular formula is C30H36N4O7S. The summed E-state index contributed by atoms with van der Waals surface area (Å²) in [6, 6.07) is 10.9. The number of unbranched alkanes of at least 4 members (excludes halogenated alkanes) is 2. The van der Waals surface area contributed by atoms with Crippen LogP contribution in [-0.4, -0.2) is 60.3 Å². The van der Waals surface area contributed by atoms with E-state index in [1.807, 2.05) is 24.3 Å². The molecule has 3 heterocycles. The van der Waals surface area contributed by atoms with Crippen LogP contribution in [0.1, 0.15) is 44.1 Å². The lowest BCUT2D eigenvalue weighted by molar-refractivity contribution is -0.121. The number of nitrogens with one attached hydrogen (secondary N) is 2. The molecule has 0 spiro atoms. The Bertz CT molecular complexity index is 1450. The molecule has 0 saturated carbocycles. The van der Waals surface area contributed by atoms with E-state index in [0.29, 0.717) is 66.5 Å². The van der Waals surface area contributed by atoms with Gasteiger partial charge >= 0.3 is 0 Å². The predicted molar refractivity (Wildman–Crippen MR) is 158 cm³/mol. The number of amides is 2. The van der Waals surface area contributed by atoms with Crippen LogP contribution in [0.25, 0.3) is 10.9 Å². The van der Waals surface area contributed by atoms with Gasteiger partial charge in [-0.3, -0.25) is 19.0 Å². The zero-order valence-electron chi connectivity index (χ0n) is 23.7. The lowest BCUT2D eigenvalue weighted by Crippen LogP contribution is -2.33. The fourth-order valence-corrected chi connectivity index (χ4v) is 5.73. The minimum atomic E-state index is -0.196. The Balaban J connectivity index is 1.16. The van der Waals surface area contributed by atoms with Crippen LogP contribution in [0.5, 0.6) is 17.2 Å². The van der Waals surface area contributed by atoms with Gasteiger partial charge in [0.15, 0.2) is 16.7 Å². The highest BCUT2D eigenvalue weighted by Crippen LogP contribution is 2.35. The van der Waals surface area contributed by atoms with Gasteiger partial charge in [-0.1, -0.05) is 30.3 Å². The number of carbonyl (C=O) groups is 2. The van der Waals surface area contributed by atoms with Crippen LogP contribution in [-0.2, 0) is 27.4 Å². The maximum Gasteiger partial charge on any atom is 0.262 e. The third-order valence-corrected chi connectivity index (χ3v) is 8.21. The lowest BCUT2D eigenvalue weighted by atomic mass is 10.1. The van der Waals surface area contributed by atoms with Gasteiger partial charge in [-0.15, -0.1) is 0 Å². The molecular weight excluding hydrogens is 560 g/mol. The molecule has 0 aliphatic carbocycles. The van der Waals surface area contributed by atoms with Gasteiger partial charge in [-0.25, -0.2) is 4.98 Å². The molecule has 1 fully saturated rings. The Morgan fingerprint density at radius 3 is 2.64 bits per heavy atom. The quantitative estimate of drug-likeness (QED) is 0.163. The smallest absolute Gasteiger partial charge is 0.262 e. The zero-order valence-corrected chi connectivity index (χ0v) is 24.5. The number of hydrogen-bond donors (Lipinski definition) is 2. The number of thioether (sulfide) groups is 1. The van der Waals surface area contributed by atoms with Gasteiger partial charge in [-0.05, 0) is 49.4 Å². The second kappa shape index (κ2) is 14.4. The minimum absolute atomic E-state index is 0.0170. The Kier molecular flexibility index (Phi) is 10.2. The number of hydrogen-bond acceptors (Lipinski definition) is 9.